The number of benzene rings is 2. The molecule has 0 aromatic heterocycles. The van der Waals surface area contributed by atoms with Gasteiger partial charge in [0.05, 0.1) is 12.0 Å². The highest BCUT2D eigenvalue weighted by molar-refractivity contribution is 7.89. The van der Waals surface area contributed by atoms with Crippen molar-refractivity contribution >= 4 is 16.1 Å². The predicted molar refractivity (Wildman–Crippen MR) is 116 cm³/mol. The number of methoxy groups -OCH3 is 1. The molecule has 0 spiro atoms. The molecule has 0 atom stereocenters. The molecule has 0 fully saturated rings. The van der Waals surface area contributed by atoms with Crippen LogP contribution in [-0.4, -0.2) is 63.6 Å². The molecular weight excluding hydrogens is 456 g/mol. The number of amides is 2. The van der Waals surface area contributed by atoms with E-state index in [0.717, 1.165) is 16.7 Å². The van der Waals surface area contributed by atoms with Gasteiger partial charge in [0.15, 0.2) is 0 Å². The zero-order valence-corrected chi connectivity index (χ0v) is 18.6. The summed E-state index contributed by atoms with van der Waals surface area (Å²) in [5, 5.41) is 2.87. The van der Waals surface area contributed by atoms with Crippen molar-refractivity contribution in [3.8, 4) is 11.5 Å². The quantitative estimate of drug-likeness (QED) is 0.617. The largest absolute Gasteiger partial charge is 0.496 e. The van der Waals surface area contributed by atoms with Crippen molar-refractivity contribution in [2.24, 2.45) is 0 Å². The van der Waals surface area contributed by atoms with Gasteiger partial charge in [-0.1, -0.05) is 18.2 Å². The number of alkyl halides is 2. The first-order chi connectivity index (χ1) is 15.8. The Hall–Kier alpha value is -3.18. The minimum absolute atomic E-state index is 0.00306. The predicted octanol–water partition coefficient (Wildman–Crippen LogP) is 2.82. The molecule has 0 saturated heterocycles. The van der Waals surface area contributed by atoms with Crippen LogP contribution in [0.4, 0.5) is 13.6 Å². The number of rotatable bonds is 7. The number of halogens is 2. The number of carbonyl (C=O) groups is 1. The monoisotopic (exact) mass is 479 g/mol. The van der Waals surface area contributed by atoms with Crippen LogP contribution in [0.5, 0.6) is 11.5 Å². The standard InChI is InChI=1S/C22H23F2N3O5S/c1-31-20-5-3-2-4-15(20)10-25-22(28)26-11-16-13-27(14-17(16)12-26)33(29,30)19-8-6-18(7-9-19)32-21(23)24/h2-9,21H,10-14H2,1H3,(H,25,28). The molecule has 0 bridgehead atoms. The summed E-state index contributed by atoms with van der Waals surface area (Å²) in [7, 11) is -2.23. The summed E-state index contributed by atoms with van der Waals surface area (Å²) in [6, 6.07) is 12.1. The molecule has 4 rings (SSSR count). The van der Waals surface area contributed by atoms with E-state index in [1.165, 1.54) is 28.6 Å². The zero-order valence-electron chi connectivity index (χ0n) is 17.8. The van der Waals surface area contributed by atoms with Crippen LogP contribution in [0.1, 0.15) is 5.56 Å². The van der Waals surface area contributed by atoms with E-state index in [0.29, 0.717) is 25.4 Å². The molecule has 0 radical (unpaired) electrons. The average molecular weight is 480 g/mol. The van der Waals surface area contributed by atoms with E-state index in [9.17, 15) is 22.0 Å². The van der Waals surface area contributed by atoms with E-state index in [4.69, 9.17) is 4.74 Å². The highest BCUT2D eigenvalue weighted by atomic mass is 32.2. The van der Waals surface area contributed by atoms with Crippen LogP contribution in [0.25, 0.3) is 0 Å². The van der Waals surface area contributed by atoms with Gasteiger partial charge in [0.2, 0.25) is 10.0 Å². The van der Waals surface area contributed by atoms with Crippen LogP contribution < -0.4 is 14.8 Å². The van der Waals surface area contributed by atoms with Crippen LogP contribution in [0, 0.1) is 0 Å². The first-order valence-electron chi connectivity index (χ1n) is 10.2. The van der Waals surface area contributed by atoms with Gasteiger partial charge in [-0.05, 0) is 41.5 Å². The Bertz CT molecular complexity index is 1150. The maximum atomic E-state index is 12.9. The molecule has 33 heavy (non-hydrogen) atoms. The number of nitrogens with zero attached hydrogens (tertiary/aromatic N) is 2. The van der Waals surface area contributed by atoms with Crippen LogP contribution in [0.15, 0.2) is 64.6 Å². The Morgan fingerprint density at radius 2 is 1.67 bits per heavy atom. The third-order valence-corrected chi connectivity index (χ3v) is 7.40. The molecule has 11 heteroatoms. The van der Waals surface area contributed by atoms with Crippen molar-refractivity contribution in [1.29, 1.82) is 0 Å². The molecule has 8 nitrogen and oxygen atoms in total. The second kappa shape index (κ2) is 9.36. The number of carbonyl (C=O) groups excluding carboxylic acids is 1. The van der Waals surface area contributed by atoms with E-state index >= 15 is 0 Å². The molecule has 176 valence electrons. The second-order valence-electron chi connectivity index (χ2n) is 7.66. The summed E-state index contributed by atoms with van der Waals surface area (Å²) >= 11 is 0. The molecule has 2 heterocycles. The Labute approximate surface area is 190 Å². The van der Waals surface area contributed by atoms with Crippen LogP contribution in [-0.2, 0) is 16.6 Å². The van der Waals surface area contributed by atoms with E-state index < -0.39 is 16.6 Å². The lowest BCUT2D eigenvalue weighted by molar-refractivity contribution is -0.0498. The number of hydrogen-bond donors (Lipinski definition) is 1. The van der Waals surface area contributed by atoms with Crippen molar-refractivity contribution < 1.29 is 31.5 Å². The molecule has 1 N–H and O–H groups in total. The lowest BCUT2D eigenvalue weighted by Gasteiger charge is -2.23. The lowest BCUT2D eigenvalue weighted by atomic mass is 10.2. The van der Waals surface area contributed by atoms with Crippen molar-refractivity contribution in [2.75, 3.05) is 33.3 Å². The van der Waals surface area contributed by atoms with Gasteiger partial charge >= 0.3 is 12.6 Å². The zero-order chi connectivity index (χ0) is 23.6. The molecular formula is C22H23F2N3O5S. The molecule has 0 unspecified atom stereocenters. The number of para-hydroxylation sites is 1. The molecule has 0 saturated carbocycles. The highest BCUT2D eigenvalue weighted by Crippen LogP contribution is 2.30. The van der Waals surface area contributed by atoms with Crippen LogP contribution in [0.3, 0.4) is 0 Å². The number of nitrogens with one attached hydrogen (secondary N) is 1. The van der Waals surface area contributed by atoms with Crippen molar-refractivity contribution in [3.63, 3.8) is 0 Å². The van der Waals surface area contributed by atoms with Gasteiger partial charge in [0.1, 0.15) is 11.5 Å². The Balaban J connectivity index is 1.33. The Morgan fingerprint density at radius 1 is 1.03 bits per heavy atom. The topological polar surface area (TPSA) is 88.2 Å². The van der Waals surface area contributed by atoms with E-state index in [-0.39, 0.29) is 29.8 Å². The van der Waals surface area contributed by atoms with E-state index in [2.05, 4.69) is 10.1 Å². The molecule has 0 aliphatic carbocycles. The van der Waals surface area contributed by atoms with Gasteiger partial charge in [-0.3, -0.25) is 0 Å². The normalized spacial score (nSPS) is 16.3. The smallest absolute Gasteiger partial charge is 0.387 e. The highest BCUT2D eigenvalue weighted by Gasteiger charge is 2.37. The Morgan fingerprint density at radius 3 is 2.27 bits per heavy atom. The molecule has 2 amide bonds. The summed E-state index contributed by atoms with van der Waals surface area (Å²) < 4.78 is 61.4. The summed E-state index contributed by atoms with van der Waals surface area (Å²) in [5.41, 5.74) is 2.64. The molecule has 2 aliphatic rings. The number of ether oxygens (including phenoxy) is 2. The maximum Gasteiger partial charge on any atom is 0.387 e. The Kier molecular flexibility index (Phi) is 6.52. The van der Waals surface area contributed by atoms with Crippen molar-refractivity contribution in [1.82, 2.24) is 14.5 Å². The van der Waals surface area contributed by atoms with Gasteiger partial charge in [0, 0.05) is 38.3 Å². The van der Waals surface area contributed by atoms with Gasteiger partial charge < -0.3 is 19.7 Å². The fourth-order valence-electron chi connectivity index (χ4n) is 3.93. The average Bonchev–Trinajstić information content (AvgIpc) is 3.38. The minimum Gasteiger partial charge on any atom is -0.496 e. The van der Waals surface area contributed by atoms with Gasteiger partial charge in [-0.2, -0.15) is 13.1 Å². The summed E-state index contributed by atoms with van der Waals surface area (Å²) in [5.74, 6) is 0.579. The summed E-state index contributed by atoms with van der Waals surface area (Å²) in [6.45, 7) is -1.60. The fourth-order valence-corrected chi connectivity index (χ4v) is 5.36. The number of hydrogen-bond acceptors (Lipinski definition) is 5. The summed E-state index contributed by atoms with van der Waals surface area (Å²) in [4.78, 5) is 14.2. The fraction of sp³-hybridized carbons (Fsp3) is 0.318. The number of sulfonamides is 1. The second-order valence-corrected chi connectivity index (χ2v) is 9.59. The maximum absolute atomic E-state index is 12.9. The van der Waals surface area contributed by atoms with Gasteiger partial charge in [0.25, 0.3) is 0 Å². The first-order valence-corrected chi connectivity index (χ1v) is 11.6. The SMILES string of the molecule is COc1ccccc1CNC(=O)N1CC2=C(C1)CN(S(=O)(=O)c1ccc(OC(F)F)cc1)C2. The van der Waals surface area contributed by atoms with Gasteiger partial charge in [-0.15, -0.1) is 0 Å². The van der Waals surface area contributed by atoms with Crippen molar-refractivity contribution in [2.45, 2.75) is 18.1 Å². The first kappa shape index (κ1) is 23.0. The van der Waals surface area contributed by atoms with Crippen molar-refractivity contribution in [3.05, 3.63) is 65.2 Å². The number of urea groups is 1. The van der Waals surface area contributed by atoms with Crippen LogP contribution >= 0.6 is 0 Å². The summed E-state index contributed by atoms with van der Waals surface area (Å²) in [6.07, 6.45) is 0. The third kappa shape index (κ3) is 4.93. The molecule has 2 aromatic carbocycles. The lowest BCUT2D eigenvalue weighted by Crippen LogP contribution is -2.41. The van der Waals surface area contributed by atoms with E-state index in [1.807, 2.05) is 24.3 Å². The third-order valence-electron chi connectivity index (χ3n) is 5.59. The van der Waals surface area contributed by atoms with E-state index in [1.54, 1.807) is 12.0 Å². The van der Waals surface area contributed by atoms with Gasteiger partial charge in [-0.25, -0.2) is 13.2 Å². The molecule has 2 aromatic rings. The molecule has 2 aliphatic heterocycles. The minimum atomic E-state index is -3.80. The van der Waals surface area contributed by atoms with Crippen LogP contribution in [0.2, 0.25) is 0 Å².